The summed E-state index contributed by atoms with van der Waals surface area (Å²) in [6.07, 6.45) is 3.88. The second kappa shape index (κ2) is 2.46. The smallest absolute Gasteiger partial charge is 0.195 e. The largest absolute Gasteiger partial charge is 0.284 e. The minimum atomic E-state index is 1.04. The summed E-state index contributed by atoms with van der Waals surface area (Å²) < 4.78 is 4.32. The molecule has 0 spiro atoms. The molecule has 2 rings (SSSR count). The van der Waals surface area contributed by atoms with Gasteiger partial charge in [-0.05, 0) is 38.5 Å². The first kappa shape index (κ1) is 7.05. The lowest BCUT2D eigenvalue weighted by Gasteiger charge is -1.80. The van der Waals surface area contributed by atoms with Gasteiger partial charge in [0.1, 0.15) is 3.70 Å². The Bertz CT molecular complexity index is 366. The Labute approximate surface area is 83.5 Å². The zero-order valence-electron chi connectivity index (χ0n) is 4.71. The molecule has 0 saturated carbocycles. The van der Waals surface area contributed by atoms with E-state index in [1.165, 1.54) is 0 Å². The number of nitrogens with zero attached hydrogens (tertiary/aromatic N) is 2. The monoisotopic (exact) mass is 328 g/mol. The van der Waals surface area contributed by atoms with Crippen molar-refractivity contribution in [2.45, 2.75) is 0 Å². The van der Waals surface area contributed by atoms with E-state index in [0.717, 1.165) is 12.4 Å². The predicted molar refractivity (Wildman–Crippen MR) is 53.5 cm³/mol. The second-order valence-corrected chi connectivity index (χ2v) is 5.26. The van der Waals surface area contributed by atoms with Crippen molar-refractivity contribution in [3.05, 3.63) is 19.9 Å². The Morgan fingerprint density at radius 2 is 2.50 bits per heavy atom. The minimum Gasteiger partial charge on any atom is -0.284 e. The molecule has 0 fully saturated rings. The van der Waals surface area contributed by atoms with Crippen molar-refractivity contribution in [1.29, 1.82) is 0 Å². The molecule has 2 aromatic rings. The van der Waals surface area contributed by atoms with E-state index in [9.17, 15) is 0 Å². The van der Waals surface area contributed by atoms with Crippen molar-refractivity contribution in [2.75, 3.05) is 0 Å². The van der Waals surface area contributed by atoms with Crippen LogP contribution in [0.1, 0.15) is 0 Å². The quantitative estimate of drug-likeness (QED) is 0.680. The number of fused-ring (bicyclic) bond motifs is 1. The molecular formula is C5H2BrIN2S. The molecule has 0 unspecified atom stereocenters. The number of imidazole rings is 1. The van der Waals surface area contributed by atoms with Crippen molar-refractivity contribution >= 4 is 54.8 Å². The van der Waals surface area contributed by atoms with Gasteiger partial charge in [-0.2, -0.15) is 0 Å². The molecule has 0 aliphatic carbocycles. The van der Waals surface area contributed by atoms with E-state index in [0.29, 0.717) is 0 Å². The van der Waals surface area contributed by atoms with Crippen LogP contribution in [-0.2, 0) is 0 Å². The number of halogens is 2. The maximum Gasteiger partial charge on any atom is 0.195 e. The fourth-order valence-electron chi connectivity index (χ4n) is 0.732. The van der Waals surface area contributed by atoms with E-state index >= 15 is 0 Å². The van der Waals surface area contributed by atoms with Crippen molar-refractivity contribution in [3.8, 4) is 0 Å². The van der Waals surface area contributed by atoms with Crippen LogP contribution in [0.4, 0.5) is 0 Å². The van der Waals surface area contributed by atoms with Crippen molar-refractivity contribution in [2.24, 2.45) is 0 Å². The Morgan fingerprint density at radius 1 is 1.70 bits per heavy atom. The molecule has 0 amide bonds. The first-order valence-electron chi connectivity index (χ1n) is 2.55. The van der Waals surface area contributed by atoms with E-state index in [-0.39, 0.29) is 0 Å². The summed E-state index contributed by atoms with van der Waals surface area (Å²) in [7, 11) is 0. The van der Waals surface area contributed by atoms with E-state index in [1.54, 1.807) is 11.3 Å². The van der Waals surface area contributed by atoms with Gasteiger partial charge < -0.3 is 0 Å². The molecule has 0 N–H and O–H groups in total. The van der Waals surface area contributed by atoms with Gasteiger partial charge >= 0.3 is 0 Å². The molecule has 5 heteroatoms. The van der Waals surface area contributed by atoms with Gasteiger partial charge in [0.25, 0.3) is 0 Å². The van der Waals surface area contributed by atoms with Gasteiger partial charge in [0.2, 0.25) is 0 Å². The molecule has 10 heavy (non-hydrogen) atoms. The fraction of sp³-hybridized carbons (Fsp3) is 0. The third-order valence-corrected chi connectivity index (χ3v) is 3.41. The molecule has 0 aliphatic rings. The highest BCUT2D eigenvalue weighted by molar-refractivity contribution is 14.1. The highest BCUT2D eigenvalue weighted by atomic mass is 127. The average Bonchev–Trinajstić information content (AvgIpc) is 2.35. The lowest BCUT2D eigenvalue weighted by Crippen LogP contribution is -1.76. The number of hydrogen-bond acceptors (Lipinski definition) is 2. The summed E-state index contributed by atoms with van der Waals surface area (Å²) in [4.78, 5) is 5.22. The van der Waals surface area contributed by atoms with Crippen LogP contribution >= 0.6 is 49.9 Å². The first-order valence-corrected chi connectivity index (χ1v) is 5.24. The third-order valence-electron chi connectivity index (χ3n) is 1.14. The molecule has 0 aliphatic heterocycles. The van der Waals surface area contributed by atoms with Crippen LogP contribution in [0, 0.1) is 3.70 Å². The Hall–Kier alpha value is 0.380. The number of thiazole rings is 1. The van der Waals surface area contributed by atoms with Gasteiger partial charge in [-0.25, -0.2) is 4.98 Å². The van der Waals surface area contributed by atoms with Crippen LogP contribution in [0.2, 0.25) is 0 Å². The highest BCUT2D eigenvalue weighted by Gasteiger charge is 2.02. The van der Waals surface area contributed by atoms with Crippen LogP contribution in [0.5, 0.6) is 0 Å². The fourth-order valence-corrected chi connectivity index (χ4v) is 2.73. The number of hydrogen-bond donors (Lipinski definition) is 0. The minimum absolute atomic E-state index is 1.04. The Kier molecular flexibility index (Phi) is 1.73. The van der Waals surface area contributed by atoms with Gasteiger partial charge in [0, 0.05) is 6.20 Å². The zero-order chi connectivity index (χ0) is 7.14. The van der Waals surface area contributed by atoms with E-state index in [4.69, 9.17) is 0 Å². The summed E-state index contributed by atoms with van der Waals surface area (Å²) in [5.74, 6) is 0. The number of aromatic nitrogens is 2. The van der Waals surface area contributed by atoms with Gasteiger partial charge in [-0.15, -0.1) is 0 Å². The molecular weight excluding hydrogens is 327 g/mol. The van der Waals surface area contributed by atoms with Gasteiger partial charge in [0.05, 0.1) is 9.98 Å². The van der Waals surface area contributed by atoms with Crippen molar-refractivity contribution in [3.63, 3.8) is 0 Å². The SMILES string of the molecule is Brc1cn2c(I)cnc2s1. The summed E-state index contributed by atoms with van der Waals surface area (Å²) in [6.45, 7) is 0. The summed E-state index contributed by atoms with van der Waals surface area (Å²) in [5, 5.41) is 0. The van der Waals surface area contributed by atoms with Crippen LogP contribution < -0.4 is 0 Å². The molecule has 52 valence electrons. The van der Waals surface area contributed by atoms with Gasteiger partial charge in [0.15, 0.2) is 4.96 Å². The second-order valence-electron chi connectivity index (χ2n) is 1.77. The molecule has 0 bridgehead atoms. The molecule has 0 saturated heterocycles. The lowest BCUT2D eigenvalue weighted by molar-refractivity contribution is 1.18. The number of rotatable bonds is 0. The van der Waals surface area contributed by atoms with Crippen molar-refractivity contribution in [1.82, 2.24) is 9.38 Å². The van der Waals surface area contributed by atoms with E-state index < -0.39 is 0 Å². The maximum absolute atomic E-state index is 4.18. The third kappa shape index (κ3) is 0.998. The normalized spacial score (nSPS) is 11.0. The van der Waals surface area contributed by atoms with Crippen LogP contribution in [0.15, 0.2) is 16.2 Å². The lowest BCUT2D eigenvalue weighted by atomic mass is 10.9. The average molecular weight is 329 g/mol. The molecule has 0 aromatic carbocycles. The van der Waals surface area contributed by atoms with Crippen LogP contribution in [0.25, 0.3) is 4.96 Å². The van der Waals surface area contributed by atoms with Crippen molar-refractivity contribution < 1.29 is 0 Å². The Balaban J connectivity index is 2.90. The molecule has 2 heterocycles. The molecule has 2 nitrogen and oxygen atoms in total. The predicted octanol–water partition coefficient (Wildman–Crippen LogP) is 2.76. The summed E-state index contributed by atoms with van der Waals surface area (Å²) >= 11 is 7.28. The topological polar surface area (TPSA) is 17.3 Å². The van der Waals surface area contributed by atoms with E-state index in [2.05, 4.69) is 47.9 Å². The van der Waals surface area contributed by atoms with Gasteiger partial charge in [-0.3, -0.25) is 4.40 Å². The standard InChI is InChI=1S/C5H2BrIN2S/c6-3-2-9-4(7)1-8-5(9)10-3/h1-2H. The van der Waals surface area contributed by atoms with Crippen LogP contribution in [-0.4, -0.2) is 9.38 Å². The zero-order valence-corrected chi connectivity index (χ0v) is 9.27. The molecule has 2 aromatic heterocycles. The summed E-state index contributed by atoms with van der Waals surface area (Å²) in [5.41, 5.74) is 0. The molecule has 0 radical (unpaired) electrons. The highest BCUT2D eigenvalue weighted by Crippen LogP contribution is 2.23. The van der Waals surface area contributed by atoms with Crippen LogP contribution in [0.3, 0.4) is 0 Å². The van der Waals surface area contributed by atoms with E-state index in [1.807, 2.05) is 12.4 Å². The maximum atomic E-state index is 4.18. The first-order chi connectivity index (χ1) is 4.77. The van der Waals surface area contributed by atoms with Gasteiger partial charge in [-0.1, -0.05) is 11.3 Å². The Morgan fingerprint density at radius 3 is 3.20 bits per heavy atom. The summed E-state index contributed by atoms with van der Waals surface area (Å²) in [6, 6.07) is 0. The molecule has 0 atom stereocenters.